The van der Waals surface area contributed by atoms with Gasteiger partial charge in [0.1, 0.15) is 0 Å². The van der Waals surface area contributed by atoms with Gasteiger partial charge in [-0.15, -0.1) is 0 Å². The van der Waals surface area contributed by atoms with Crippen LogP contribution < -0.4 is 0 Å². The van der Waals surface area contributed by atoms with Crippen molar-refractivity contribution in [2.24, 2.45) is 0 Å². The maximum atomic E-state index is 12.2. The normalized spacial score (nSPS) is 20.5. The molecule has 2 rings (SSSR count). The van der Waals surface area contributed by atoms with Gasteiger partial charge in [-0.2, -0.15) is 5.26 Å². The van der Waals surface area contributed by atoms with E-state index in [-0.39, 0.29) is 16.8 Å². The van der Waals surface area contributed by atoms with E-state index in [0.29, 0.717) is 18.7 Å². The quantitative estimate of drug-likeness (QED) is 0.888. The fourth-order valence-electron chi connectivity index (χ4n) is 2.34. The molecule has 1 aliphatic heterocycles. The van der Waals surface area contributed by atoms with Crippen LogP contribution in [0.1, 0.15) is 18.4 Å². The van der Waals surface area contributed by atoms with Crippen LogP contribution in [-0.4, -0.2) is 49.9 Å². The maximum absolute atomic E-state index is 12.2. The highest BCUT2D eigenvalue weighted by Crippen LogP contribution is 2.14. The summed E-state index contributed by atoms with van der Waals surface area (Å²) in [6, 6.07) is 7.93. The van der Waals surface area contributed by atoms with Gasteiger partial charge in [0, 0.05) is 13.1 Å². The molecule has 0 aliphatic carbocycles. The van der Waals surface area contributed by atoms with Gasteiger partial charge in [-0.25, -0.2) is 8.42 Å². The number of benzene rings is 1. The van der Waals surface area contributed by atoms with Crippen molar-refractivity contribution in [1.82, 2.24) is 4.90 Å². The first-order chi connectivity index (χ1) is 9.51. The summed E-state index contributed by atoms with van der Waals surface area (Å²) in [5, 5.41) is 18.3. The minimum atomic E-state index is -3.33. The van der Waals surface area contributed by atoms with Crippen molar-refractivity contribution in [3.8, 4) is 6.07 Å². The molecule has 0 saturated carbocycles. The summed E-state index contributed by atoms with van der Waals surface area (Å²) in [5.41, 5.74) is 0.447. The van der Waals surface area contributed by atoms with Crippen molar-refractivity contribution < 1.29 is 13.5 Å². The van der Waals surface area contributed by atoms with Crippen molar-refractivity contribution >= 4 is 9.84 Å². The predicted octanol–water partition coefficient (Wildman–Crippen LogP) is 0.789. The van der Waals surface area contributed by atoms with Crippen LogP contribution >= 0.6 is 0 Å². The van der Waals surface area contributed by atoms with Crippen LogP contribution in [0.2, 0.25) is 0 Å². The van der Waals surface area contributed by atoms with Crippen molar-refractivity contribution in [2.75, 3.05) is 25.4 Å². The van der Waals surface area contributed by atoms with E-state index < -0.39 is 9.84 Å². The van der Waals surface area contributed by atoms with E-state index in [9.17, 15) is 13.5 Å². The Bertz CT molecular complexity index is 590. The third kappa shape index (κ3) is 3.79. The topological polar surface area (TPSA) is 81.4 Å². The second-order valence-electron chi connectivity index (χ2n) is 5.05. The van der Waals surface area contributed by atoms with Gasteiger partial charge in [-0.1, -0.05) is 0 Å². The highest BCUT2D eigenvalue weighted by Gasteiger charge is 2.21. The highest BCUT2D eigenvalue weighted by molar-refractivity contribution is 7.91. The summed E-state index contributed by atoms with van der Waals surface area (Å²) in [7, 11) is -3.33. The minimum Gasteiger partial charge on any atom is -0.392 e. The van der Waals surface area contributed by atoms with E-state index >= 15 is 0 Å². The minimum absolute atomic E-state index is 0.0334. The Morgan fingerprint density at radius 1 is 1.35 bits per heavy atom. The monoisotopic (exact) mass is 294 g/mol. The van der Waals surface area contributed by atoms with Crippen LogP contribution in [0.4, 0.5) is 0 Å². The standard InChI is InChI=1S/C14H18N2O3S/c15-10-12-3-5-14(6-4-12)20(18,19)9-8-16-7-1-2-13(17)11-16/h3-6,13,17H,1-2,7-9,11H2/t13-/m0/s1. The summed E-state index contributed by atoms with van der Waals surface area (Å²) in [4.78, 5) is 2.23. The number of nitriles is 1. The van der Waals surface area contributed by atoms with E-state index in [4.69, 9.17) is 5.26 Å². The average molecular weight is 294 g/mol. The van der Waals surface area contributed by atoms with Gasteiger partial charge in [0.15, 0.2) is 9.84 Å². The van der Waals surface area contributed by atoms with E-state index in [2.05, 4.69) is 0 Å². The van der Waals surface area contributed by atoms with Gasteiger partial charge in [-0.05, 0) is 43.7 Å². The summed E-state index contributed by atoms with van der Waals surface area (Å²) in [6.45, 7) is 1.81. The van der Waals surface area contributed by atoms with E-state index in [1.165, 1.54) is 24.3 Å². The Morgan fingerprint density at radius 3 is 2.65 bits per heavy atom. The molecule has 1 aromatic carbocycles. The summed E-state index contributed by atoms with van der Waals surface area (Å²) >= 11 is 0. The molecule has 0 aromatic heterocycles. The van der Waals surface area contributed by atoms with Gasteiger partial charge < -0.3 is 5.11 Å². The molecule has 0 radical (unpaired) electrons. The Labute approximate surface area is 119 Å². The van der Waals surface area contributed by atoms with Gasteiger partial charge in [0.25, 0.3) is 0 Å². The Hall–Kier alpha value is -1.42. The SMILES string of the molecule is N#Cc1ccc(S(=O)(=O)CCN2CCC[C@H](O)C2)cc1. The zero-order chi connectivity index (χ0) is 14.6. The molecule has 5 nitrogen and oxygen atoms in total. The van der Waals surface area contributed by atoms with Crippen LogP contribution in [-0.2, 0) is 9.84 Å². The first kappa shape index (κ1) is 15.0. The molecule has 108 valence electrons. The van der Waals surface area contributed by atoms with Crippen LogP contribution in [0.5, 0.6) is 0 Å². The third-order valence-corrected chi connectivity index (χ3v) is 5.21. The molecule has 1 heterocycles. The molecule has 1 N–H and O–H groups in total. The number of nitrogens with zero attached hydrogens (tertiary/aromatic N) is 2. The number of rotatable bonds is 4. The lowest BCUT2D eigenvalue weighted by molar-refractivity contribution is 0.0741. The molecule has 1 aliphatic rings. The van der Waals surface area contributed by atoms with Crippen LogP contribution in [0.25, 0.3) is 0 Å². The molecule has 1 aromatic rings. The zero-order valence-corrected chi connectivity index (χ0v) is 12.0. The Balaban J connectivity index is 1.98. The molecule has 6 heteroatoms. The average Bonchev–Trinajstić information content (AvgIpc) is 2.45. The molecule has 0 bridgehead atoms. The zero-order valence-electron chi connectivity index (χ0n) is 11.2. The van der Waals surface area contributed by atoms with E-state index in [0.717, 1.165) is 19.4 Å². The van der Waals surface area contributed by atoms with E-state index in [1.807, 2.05) is 11.0 Å². The van der Waals surface area contributed by atoms with Crippen molar-refractivity contribution in [2.45, 2.75) is 23.8 Å². The first-order valence-corrected chi connectivity index (χ1v) is 8.30. The predicted molar refractivity (Wildman–Crippen MR) is 74.9 cm³/mol. The second-order valence-corrected chi connectivity index (χ2v) is 7.16. The van der Waals surface area contributed by atoms with Gasteiger partial charge >= 0.3 is 0 Å². The molecule has 0 spiro atoms. The van der Waals surface area contributed by atoms with Crippen LogP contribution in [0.15, 0.2) is 29.2 Å². The number of aliphatic hydroxyl groups excluding tert-OH is 1. The fourth-order valence-corrected chi connectivity index (χ4v) is 3.62. The number of hydrogen-bond acceptors (Lipinski definition) is 5. The van der Waals surface area contributed by atoms with Crippen LogP contribution in [0.3, 0.4) is 0 Å². The Kier molecular flexibility index (Phi) is 4.76. The van der Waals surface area contributed by atoms with E-state index in [1.54, 1.807) is 0 Å². The molecule has 1 atom stereocenters. The Morgan fingerprint density at radius 2 is 2.05 bits per heavy atom. The molecular weight excluding hydrogens is 276 g/mol. The summed E-state index contributed by atoms with van der Waals surface area (Å²) in [6.07, 6.45) is 1.35. The lowest BCUT2D eigenvalue weighted by Crippen LogP contribution is -2.40. The third-order valence-electron chi connectivity index (χ3n) is 3.50. The van der Waals surface area contributed by atoms with Crippen molar-refractivity contribution in [1.29, 1.82) is 5.26 Å². The molecule has 0 unspecified atom stereocenters. The fraction of sp³-hybridized carbons (Fsp3) is 0.500. The smallest absolute Gasteiger partial charge is 0.179 e. The van der Waals surface area contributed by atoms with Crippen LogP contribution in [0, 0.1) is 11.3 Å². The molecular formula is C14H18N2O3S. The highest BCUT2D eigenvalue weighted by atomic mass is 32.2. The van der Waals surface area contributed by atoms with Gasteiger partial charge in [0.05, 0.1) is 28.4 Å². The van der Waals surface area contributed by atoms with Crippen molar-refractivity contribution in [3.05, 3.63) is 29.8 Å². The van der Waals surface area contributed by atoms with Gasteiger partial charge in [0.2, 0.25) is 0 Å². The molecule has 0 amide bonds. The molecule has 1 fully saturated rings. The lowest BCUT2D eigenvalue weighted by Gasteiger charge is -2.29. The van der Waals surface area contributed by atoms with Gasteiger partial charge in [-0.3, -0.25) is 4.90 Å². The number of β-amino-alcohol motifs (C(OH)–C–C–N with tert-alkyl or cyclic N) is 1. The molecule has 20 heavy (non-hydrogen) atoms. The lowest BCUT2D eigenvalue weighted by atomic mass is 10.1. The van der Waals surface area contributed by atoms with Crippen molar-refractivity contribution in [3.63, 3.8) is 0 Å². The number of piperidine rings is 1. The molecule has 1 saturated heterocycles. The number of likely N-dealkylation sites (tertiary alicyclic amines) is 1. The number of sulfone groups is 1. The summed E-state index contributed by atoms with van der Waals surface area (Å²) in [5.74, 6) is 0.0334. The largest absolute Gasteiger partial charge is 0.392 e. The number of hydrogen-bond donors (Lipinski definition) is 1. The number of aliphatic hydroxyl groups is 1. The second kappa shape index (κ2) is 6.35. The first-order valence-electron chi connectivity index (χ1n) is 6.64. The summed E-state index contributed by atoms with van der Waals surface area (Å²) < 4.78 is 24.4. The maximum Gasteiger partial charge on any atom is 0.179 e.